The minimum atomic E-state index is -1.14. The molecule has 0 radical (unpaired) electrons. The number of aromatic nitrogens is 2. The second-order valence-corrected chi connectivity index (χ2v) is 2.69. The van der Waals surface area contributed by atoms with Gasteiger partial charge in [-0.1, -0.05) is 0 Å². The van der Waals surface area contributed by atoms with Crippen molar-refractivity contribution in [2.24, 2.45) is 0 Å². The van der Waals surface area contributed by atoms with E-state index in [1.54, 1.807) is 0 Å². The number of carbonyl (C=O) groups is 1. The molecule has 1 rings (SSSR count). The predicted molar refractivity (Wildman–Crippen MR) is 38.4 cm³/mol. The molecule has 58 valence electrons. The van der Waals surface area contributed by atoms with E-state index >= 15 is 0 Å². The SMILES string of the molecule is O=C([O-])Cc1cc(Br)ncn1.[Li+]. The van der Waals surface area contributed by atoms with Crippen LogP contribution in [0.1, 0.15) is 5.69 Å². The Morgan fingerprint density at radius 3 is 2.75 bits per heavy atom. The molecule has 1 aromatic heterocycles. The van der Waals surface area contributed by atoms with Crippen molar-refractivity contribution in [2.45, 2.75) is 6.42 Å². The normalized spacial score (nSPS) is 8.75. The number of carboxylic acid groups (broad SMARTS) is 1. The van der Waals surface area contributed by atoms with E-state index in [9.17, 15) is 9.90 Å². The standard InChI is InChI=1S/C6H5BrN2O2.Li/c7-5-1-4(2-6(10)11)8-3-9-5;/h1,3H,2H2,(H,10,11);/q;+1/p-1. The Bertz CT molecular complexity index is 282. The first kappa shape index (κ1) is 11.6. The molecule has 1 aromatic rings. The van der Waals surface area contributed by atoms with Crippen LogP contribution in [-0.2, 0) is 11.2 Å². The van der Waals surface area contributed by atoms with E-state index in [0.717, 1.165) is 0 Å². The van der Waals surface area contributed by atoms with Crippen LogP contribution in [0.25, 0.3) is 0 Å². The molecule has 0 aromatic carbocycles. The molecule has 0 unspecified atom stereocenters. The van der Waals surface area contributed by atoms with Crippen molar-refractivity contribution in [1.29, 1.82) is 0 Å². The van der Waals surface area contributed by atoms with Crippen molar-refractivity contribution in [2.75, 3.05) is 0 Å². The van der Waals surface area contributed by atoms with Crippen molar-refractivity contribution in [3.8, 4) is 0 Å². The molecule has 0 saturated carbocycles. The van der Waals surface area contributed by atoms with Crippen molar-refractivity contribution in [1.82, 2.24) is 9.97 Å². The summed E-state index contributed by atoms with van der Waals surface area (Å²) >= 11 is 3.09. The zero-order valence-corrected chi connectivity index (χ0v) is 8.04. The smallest absolute Gasteiger partial charge is 0.550 e. The number of halogens is 1. The van der Waals surface area contributed by atoms with Crippen LogP contribution in [-0.4, -0.2) is 15.9 Å². The fourth-order valence-electron chi connectivity index (χ4n) is 0.615. The van der Waals surface area contributed by atoms with Gasteiger partial charge >= 0.3 is 18.9 Å². The Morgan fingerprint density at radius 1 is 1.58 bits per heavy atom. The number of nitrogens with zero attached hydrogens (tertiary/aromatic N) is 2. The second-order valence-electron chi connectivity index (χ2n) is 1.88. The van der Waals surface area contributed by atoms with Crippen LogP contribution in [0.4, 0.5) is 0 Å². The summed E-state index contributed by atoms with van der Waals surface area (Å²) in [5.41, 5.74) is 0.437. The zero-order valence-electron chi connectivity index (χ0n) is 6.45. The van der Waals surface area contributed by atoms with E-state index in [1.165, 1.54) is 12.4 Å². The van der Waals surface area contributed by atoms with Crippen molar-refractivity contribution >= 4 is 21.9 Å². The minimum absolute atomic E-state index is 0. The summed E-state index contributed by atoms with van der Waals surface area (Å²) in [5.74, 6) is -1.14. The van der Waals surface area contributed by atoms with Gasteiger partial charge in [0.2, 0.25) is 0 Å². The van der Waals surface area contributed by atoms with Gasteiger partial charge in [0.25, 0.3) is 0 Å². The summed E-state index contributed by atoms with van der Waals surface area (Å²) in [5, 5.41) is 10.1. The largest absolute Gasteiger partial charge is 1.00 e. The van der Waals surface area contributed by atoms with Crippen molar-refractivity contribution < 1.29 is 28.8 Å². The van der Waals surface area contributed by atoms with Crippen LogP contribution in [0.2, 0.25) is 0 Å². The molecule has 12 heavy (non-hydrogen) atoms. The third-order valence-corrected chi connectivity index (χ3v) is 1.45. The van der Waals surface area contributed by atoms with Crippen LogP contribution in [0, 0.1) is 0 Å². The molecule has 0 amide bonds. The number of hydrogen-bond donors (Lipinski definition) is 0. The molecule has 0 saturated heterocycles. The van der Waals surface area contributed by atoms with E-state index in [1.807, 2.05) is 0 Å². The maximum absolute atomic E-state index is 10.1. The van der Waals surface area contributed by atoms with Crippen LogP contribution >= 0.6 is 15.9 Å². The van der Waals surface area contributed by atoms with Gasteiger partial charge in [0, 0.05) is 12.4 Å². The maximum atomic E-state index is 10.1. The summed E-state index contributed by atoms with van der Waals surface area (Å²) < 4.78 is 0.573. The predicted octanol–water partition coefficient (Wildman–Crippen LogP) is -3.46. The van der Waals surface area contributed by atoms with E-state index in [0.29, 0.717) is 10.3 Å². The molecule has 1 heterocycles. The summed E-state index contributed by atoms with van der Waals surface area (Å²) in [6, 6.07) is 1.54. The van der Waals surface area contributed by atoms with Crippen LogP contribution < -0.4 is 24.0 Å². The molecule has 0 aliphatic carbocycles. The number of hydrogen-bond acceptors (Lipinski definition) is 4. The maximum Gasteiger partial charge on any atom is 1.00 e. The molecule has 0 N–H and O–H groups in total. The Kier molecular flexibility index (Phi) is 5.14. The third kappa shape index (κ3) is 3.86. The van der Waals surface area contributed by atoms with E-state index < -0.39 is 5.97 Å². The molecule has 4 nitrogen and oxygen atoms in total. The molecule has 0 aliphatic heterocycles. The average molecular weight is 223 g/mol. The molecule has 6 heteroatoms. The second kappa shape index (κ2) is 5.30. The van der Waals surface area contributed by atoms with Gasteiger partial charge in [-0.2, -0.15) is 0 Å². The molecular weight excluding hydrogens is 219 g/mol. The van der Waals surface area contributed by atoms with Crippen LogP contribution in [0.15, 0.2) is 17.0 Å². The Balaban J connectivity index is 0.00000121. The number of aliphatic carboxylic acids is 1. The molecule has 0 atom stereocenters. The quantitative estimate of drug-likeness (QED) is 0.386. The van der Waals surface area contributed by atoms with E-state index in [2.05, 4.69) is 25.9 Å². The zero-order chi connectivity index (χ0) is 8.27. The summed E-state index contributed by atoms with van der Waals surface area (Å²) in [4.78, 5) is 17.6. The van der Waals surface area contributed by atoms with Crippen molar-refractivity contribution in [3.63, 3.8) is 0 Å². The molecular formula is C6H4BrLiN2O2. The van der Waals surface area contributed by atoms with Gasteiger partial charge in [0.1, 0.15) is 10.9 Å². The fraction of sp³-hybridized carbons (Fsp3) is 0.167. The number of rotatable bonds is 2. The number of carbonyl (C=O) groups excluding carboxylic acids is 1. The van der Waals surface area contributed by atoms with Crippen molar-refractivity contribution in [3.05, 3.63) is 22.7 Å². The first-order valence-electron chi connectivity index (χ1n) is 2.85. The van der Waals surface area contributed by atoms with Gasteiger partial charge in [-0.3, -0.25) is 0 Å². The third-order valence-electron chi connectivity index (χ3n) is 1.02. The van der Waals surface area contributed by atoms with Crippen LogP contribution in [0.3, 0.4) is 0 Å². The first-order valence-corrected chi connectivity index (χ1v) is 3.64. The van der Waals surface area contributed by atoms with E-state index in [-0.39, 0.29) is 25.3 Å². The summed E-state index contributed by atoms with van der Waals surface area (Å²) in [6.45, 7) is 0. The Labute approximate surface area is 89.7 Å². The Hall–Kier alpha value is -0.373. The topological polar surface area (TPSA) is 65.9 Å². The fourth-order valence-corrected chi connectivity index (χ4v) is 0.971. The van der Waals surface area contributed by atoms with Crippen LogP contribution in [0.5, 0.6) is 0 Å². The van der Waals surface area contributed by atoms with Gasteiger partial charge in [0.05, 0.1) is 5.69 Å². The van der Waals surface area contributed by atoms with Gasteiger partial charge in [-0.25, -0.2) is 9.97 Å². The van der Waals surface area contributed by atoms with Gasteiger partial charge < -0.3 is 9.90 Å². The van der Waals surface area contributed by atoms with Gasteiger partial charge in [0.15, 0.2) is 0 Å². The Morgan fingerprint density at radius 2 is 2.25 bits per heavy atom. The minimum Gasteiger partial charge on any atom is -0.550 e. The summed E-state index contributed by atoms with van der Waals surface area (Å²) in [6.07, 6.45) is 1.11. The van der Waals surface area contributed by atoms with Gasteiger partial charge in [-0.15, -0.1) is 0 Å². The molecule has 0 spiro atoms. The molecule has 0 fully saturated rings. The van der Waals surface area contributed by atoms with Gasteiger partial charge in [-0.05, 0) is 22.0 Å². The summed E-state index contributed by atoms with van der Waals surface area (Å²) in [7, 11) is 0. The average Bonchev–Trinajstić information content (AvgIpc) is 1.85. The monoisotopic (exact) mass is 222 g/mol. The van der Waals surface area contributed by atoms with E-state index in [4.69, 9.17) is 0 Å². The molecule has 0 aliphatic rings. The molecule has 0 bridgehead atoms. The first-order chi connectivity index (χ1) is 5.18. The number of carboxylic acids is 1.